The van der Waals surface area contributed by atoms with Crippen molar-refractivity contribution in [1.82, 2.24) is 10.2 Å². The molecule has 2 aromatic rings. The first-order valence-corrected chi connectivity index (χ1v) is 11.3. The second-order valence-electron chi connectivity index (χ2n) is 7.69. The van der Waals surface area contributed by atoms with E-state index in [1.807, 2.05) is 19.1 Å². The number of aliphatic hydroxyl groups is 1. The van der Waals surface area contributed by atoms with Crippen LogP contribution < -0.4 is 15.0 Å². The average molecular weight is 474 g/mol. The van der Waals surface area contributed by atoms with Crippen molar-refractivity contribution in [2.24, 2.45) is 0 Å². The number of benzene rings is 2. The molecule has 0 fully saturated rings. The van der Waals surface area contributed by atoms with Gasteiger partial charge in [0.05, 0.1) is 23.7 Å². The number of carbonyl (C=O) groups excluding carboxylic acids is 3. The molecule has 1 aliphatic heterocycles. The molecular weight excluding hydrogens is 446 g/mol. The summed E-state index contributed by atoms with van der Waals surface area (Å²) < 4.78 is 5.34. The number of ether oxygens (including phenoxy) is 1. The van der Waals surface area contributed by atoms with Crippen molar-refractivity contribution in [3.05, 3.63) is 58.6 Å². The Morgan fingerprint density at radius 1 is 1.18 bits per heavy atom. The molecule has 2 aromatic carbocycles. The number of fused-ring (bicyclic) bond motifs is 1. The number of unbranched alkanes of at least 4 members (excludes halogenated alkanes) is 1. The van der Waals surface area contributed by atoms with Gasteiger partial charge in [-0.15, -0.1) is 0 Å². The number of hydrogen-bond acceptors (Lipinski definition) is 5. The Morgan fingerprint density at radius 2 is 1.97 bits per heavy atom. The molecule has 1 heterocycles. The van der Waals surface area contributed by atoms with Crippen LogP contribution in [-0.4, -0.2) is 60.6 Å². The fraction of sp³-hybridized carbons (Fsp3) is 0.375. The minimum Gasteiger partial charge on any atom is -0.491 e. The number of para-hydroxylation sites is 1. The van der Waals surface area contributed by atoms with Gasteiger partial charge in [0.2, 0.25) is 11.8 Å². The second kappa shape index (κ2) is 11.7. The molecule has 0 atom stereocenters. The summed E-state index contributed by atoms with van der Waals surface area (Å²) in [7, 11) is 0. The Hall–Kier alpha value is -3.10. The number of halogens is 1. The maximum Gasteiger partial charge on any atom is 0.260 e. The van der Waals surface area contributed by atoms with Crippen molar-refractivity contribution < 1.29 is 24.2 Å². The molecule has 1 aliphatic rings. The lowest BCUT2D eigenvalue weighted by atomic mass is 10.1. The highest BCUT2D eigenvalue weighted by molar-refractivity contribution is 6.34. The van der Waals surface area contributed by atoms with Gasteiger partial charge in [0, 0.05) is 18.8 Å². The second-order valence-corrected chi connectivity index (χ2v) is 8.09. The molecule has 3 rings (SSSR count). The SMILES string of the molecule is CCCCNC(=O)CN1Cc2ccccc2N(C(=O)c2ccc(OCCO)cc2Cl)CC1=O. The van der Waals surface area contributed by atoms with E-state index in [0.29, 0.717) is 18.0 Å². The molecule has 33 heavy (non-hydrogen) atoms. The van der Waals surface area contributed by atoms with Crippen LogP contribution in [0.3, 0.4) is 0 Å². The molecule has 0 unspecified atom stereocenters. The molecular formula is C24H28ClN3O5. The Bertz CT molecular complexity index is 1010. The molecule has 0 saturated heterocycles. The van der Waals surface area contributed by atoms with E-state index >= 15 is 0 Å². The Kier molecular flexibility index (Phi) is 8.68. The number of anilines is 1. The van der Waals surface area contributed by atoms with Gasteiger partial charge >= 0.3 is 0 Å². The van der Waals surface area contributed by atoms with Crippen molar-refractivity contribution in [3.8, 4) is 5.75 Å². The molecule has 0 bridgehead atoms. The van der Waals surface area contributed by atoms with E-state index in [-0.39, 0.29) is 55.2 Å². The lowest BCUT2D eigenvalue weighted by molar-refractivity contribution is -0.135. The first kappa shape index (κ1) is 24.5. The van der Waals surface area contributed by atoms with E-state index in [4.69, 9.17) is 21.4 Å². The molecule has 9 heteroatoms. The third-order valence-electron chi connectivity index (χ3n) is 5.25. The molecule has 0 saturated carbocycles. The Balaban J connectivity index is 1.83. The van der Waals surface area contributed by atoms with E-state index in [1.165, 1.54) is 21.9 Å². The van der Waals surface area contributed by atoms with Crippen LogP contribution in [0, 0.1) is 0 Å². The van der Waals surface area contributed by atoms with Crippen LogP contribution in [-0.2, 0) is 16.1 Å². The van der Waals surface area contributed by atoms with E-state index in [2.05, 4.69) is 5.32 Å². The largest absolute Gasteiger partial charge is 0.491 e. The number of aliphatic hydroxyl groups excluding tert-OH is 1. The molecule has 8 nitrogen and oxygen atoms in total. The van der Waals surface area contributed by atoms with Crippen molar-refractivity contribution in [1.29, 1.82) is 0 Å². The van der Waals surface area contributed by atoms with Gasteiger partial charge in [-0.2, -0.15) is 0 Å². The summed E-state index contributed by atoms with van der Waals surface area (Å²) >= 11 is 6.35. The molecule has 2 N–H and O–H groups in total. The lowest BCUT2D eigenvalue weighted by Crippen LogP contribution is -2.44. The standard InChI is InChI=1S/C24H28ClN3O5/c1-2-3-10-26-22(30)15-27-14-17-6-4-5-7-21(17)28(16-23(27)31)24(32)19-9-8-18(13-20(19)25)33-12-11-29/h4-9,13,29H,2-3,10-12,14-16H2,1H3,(H,26,30). The van der Waals surface area contributed by atoms with E-state index < -0.39 is 5.91 Å². The highest BCUT2D eigenvalue weighted by atomic mass is 35.5. The summed E-state index contributed by atoms with van der Waals surface area (Å²) in [5.41, 5.74) is 1.58. The minimum absolute atomic E-state index is 0.0729. The van der Waals surface area contributed by atoms with Gasteiger partial charge in [0.25, 0.3) is 5.91 Å². The van der Waals surface area contributed by atoms with E-state index in [9.17, 15) is 14.4 Å². The monoisotopic (exact) mass is 473 g/mol. The fourth-order valence-electron chi connectivity index (χ4n) is 3.55. The van der Waals surface area contributed by atoms with Crippen LogP contribution in [0.25, 0.3) is 0 Å². The van der Waals surface area contributed by atoms with Crippen LogP contribution >= 0.6 is 11.6 Å². The zero-order valence-electron chi connectivity index (χ0n) is 18.6. The first-order chi connectivity index (χ1) is 15.9. The zero-order valence-corrected chi connectivity index (χ0v) is 19.3. The molecule has 0 radical (unpaired) electrons. The van der Waals surface area contributed by atoms with Crippen LogP contribution in [0.5, 0.6) is 5.75 Å². The Morgan fingerprint density at radius 3 is 2.70 bits per heavy atom. The quantitative estimate of drug-likeness (QED) is 0.545. The predicted octanol–water partition coefficient (Wildman–Crippen LogP) is 2.62. The maximum absolute atomic E-state index is 13.4. The van der Waals surface area contributed by atoms with Gasteiger partial charge in [-0.25, -0.2) is 0 Å². The van der Waals surface area contributed by atoms with Crippen LogP contribution in [0.4, 0.5) is 5.69 Å². The highest BCUT2D eigenvalue weighted by Gasteiger charge is 2.31. The summed E-state index contributed by atoms with van der Waals surface area (Å²) in [5, 5.41) is 11.9. The molecule has 0 spiro atoms. The zero-order chi connectivity index (χ0) is 23.8. The summed E-state index contributed by atoms with van der Waals surface area (Å²) in [4.78, 5) is 41.6. The van der Waals surface area contributed by atoms with E-state index in [1.54, 1.807) is 18.2 Å². The number of rotatable bonds is 9. The van der Waals surface area contributed by atoms with Gasteiger partial charge < -0.3 is 20.1 Å². The van der Waals surface area contributed by atoms with Crippen molar-refractivity contribution in [3.63, 3.8) is 0 Å². The van der Waals surface area contributed by atoms with Crippen LogP contribution in [0.2, 0.25) is 5.02 Å². The van der Waals surface area contributed by atoms with Crippen LogP contribution in [0.15, 0.2) is 42.5 Å². The highest BCUT2D eigenvalue weighted by Crippen LogP contribution is 2.30. The van der Waals surface area contributed by atoms with Gasteiger partial charge in [-0.05, 0) is 36.2 Å². The van der Waals surface area contributed by atoms with Gasteiger partial charge in [-0.3, -0.25) is 19.3 Å². The number of carbonyl (C=O) groups is 3. The maximum atomic E-state index is 13.4. The van der Waals surface area contributed by atoms with Gasteiger partial charge in [-0.1, -0.05) is 43.1 Å². The first-order valence-electron chi connectivity index (χ1n) is 10.9. The summed E-state index contributed by atoms with van der Waals surface area (Å²) in [6.07, 6.45) is 1.83. The lowest BCUT2D eigenvalue weighted by Gasteiger charge is -2.23. The van der Waals surface area contributed by atoms with Crippen molar-refractivity contribution in [2.75, 3.05) is 37.7 Å². The van der Waals surface area contributed by atoms with Gasteiger partial charge in [0.1, 0.15) is 18.9 Å². The minimum atomic E-state index is -0.427. The topological polar surface area (TPSA) is 99.2 Å². The number of nitrogens with zero attached hydrogens (tertiary/aromatic N) is 2. The molecule has 3 amide bonds. The number of nitrogens with one attached hydrogen (secondary N) is 1. The van der Waals surface area contributed by atoms with Gasteiger partial charge in [0.15, 0.2) is 0 Å². The van der Waals surface area contributed by atoms with Crippen LogP contribution in [0.1, 0.15) is 35.7 Å². The summed E-state index contributed by atoms with van der Waals surface area (Å²) in [5.74, 6) is -0.554. The van der Waals surface area contributed by atoms with Crippen molar-refractivity contribution >= 4 is 35.0 Å². The smallest absolute Gasteiger partial charge is 0.260 e. The third-order valence-corrected chi connectivity index (χ3v) is 5.57. The normalized spacial score (nSPS) is 13.4. The number of amides is 3. The predicted molar refractivity (Wildman–Crippen MR) is 125 cm³/mol. The molecule has 176 valence electrons. The Labute approximate surface area is 198 Å². The number of hydrogen-bond donors (Lipinski definition) is 2. The fourth-order valence-corrected chi connectivity index (χ4v) is 3.80. The van der Waals surface area contributed by atoms with Crippen molar-refractivity contribution in [2.45, 2.75) is 26.3 Å². The van der Waals surface area contributed by atoms with E-state index in [0.717, 1.165) is 18.4 Å². The average Bonchev–Trinajstić information content (AvgIpc) is 2.94. The summed E-state index contributed by atoms with van der Waals surface area (Å²) in [6, 6.07) is 11.9. The summed E-state index contributed by atoms with van der Waals surface area (Å²) in [6.45, 7) is 2.51. The third kappa shape index (κ3) is 6.24. The molecule has 0 aromatic heterocycles. The molecule has 0 aliphatic carbocycles.